The van der Waals surface area contributed by atoms with Gasteiger partial charge < -0.3 is 15.4 Å². The van der Waals surface area contributed by atoms with Gasteiger partial charge in [0.2, 0.25) is 5.91 Å². The summed E-state index contributed by atoms with van der Waals surface area (Å²) in [5.41, 5.74) is 1.94. The van der Waals surface area contributed by atoms with Crippen LogP contribution >= 0.6 is 0 Å². The molecule has 0 spiro atoms. The Morgan fingerprint density at radius 3 is 2.62 bits per heavy atom. The second kappa shape index (κ2) is 6.65. The number of hydrogen-bond acceptors (Lipinski definition) is 4. The molecule has 1 amide bonds. The molecule has 1 aromatic heterocycles. The molecule has 0 aliphatic carbocycles. The van der Waals surface area contributed by atoms with Crippen LogP contribution in [0.5, 0.6) is 0 Å². The molecule has 0 radical (unpaired) electrons. The normalized spacial score (nSPS) is 10.3. The summed E-state index contributed by atoms with van der Waals surface area (Å²) < 4.78 is 1.39. The molecule has 2 rings (SSSR count). The molecule has 0 atom stereocenters. The number of anilines is 1. The van der Waals surface area contributed by atoms with Gasteiger partial charge in [-0.2, -0.15) is 4.68 Å². The average molecular weight is 288 g/mol. The number of nitro groups is 1. The minimum Gasteiger partial charge on any atom is -0.358 e. The third kappa shape index (κ3) is 4.13. The largest absolute Gasteiger partial charge is 0.389 e. The Balaban J connectivity index is 1.84. The molecule has 0 unspecified atom stereocenters. The highest BCUT2D eigenvalue weighted by Gasteiger charge is 2.11. The van der Waals surface area contributed by atoms with Gasteiger partial charge in [-0.3, -0.25) is 4.79 Å². The molecule has 2 aromatic rings. The first-order valence-electron chi connectivity index (χ1n) is 6.65. The predicted octanol–water partition coefficient (Wildman–Crippen LogP) is 2.38. The first kappa shape index (κ1) is 14.7. The van der Waals surface area contributed by atoms with E-state index in [0.29, 0.717) is 6.54 Å². The summed E-state index contributed by atoms with van der Waals surface area (Å²) in [4.78, 5) is 21.7. The van der Waals surface area contributed by atoms with Crippen LogP contribution in [0.2, 0.25) is 0 Å². The van der Waals surface area contributed by atoms with Crippen molar-refractivity contribution in [1.29, 1.82) is 0 Å². The van der Waals surface area contributed by atoms with Crippen molar-refractivity contribution >= 4 is 17.4 Å². The van der Waals surface area contributed by atoms with E-state index in [9.17, 15) is 14.9 Å². The number of nitrogens with zero attached hydrogens (tertiary/aromatic N) is 3. The van der Waals surface area contributed by atoms with Crippen molar-refractivity contribution in [1.82, 2.24) is 9.78 Å². The number of carbonyl (C=O) groups excluding carboxylic acids is 1. The van der Waals surface area contributed by atoms with E-state index in [0.717, 1.165) is 12.1 Å². The molecule has 0 aliphatic heterocycles. The number of benzene rings is 1. The smallest absolute Gasteiger partial charge is 0.358 e. The van der Waals surface area contributed by atoms with Crippen LogP contribution in [-0.4, -0.2) is 20.6 Å². The van der Waals surface area contributed by atoms with Crippen LogP contribution in [0.15, 0.2) is 36.5 Å². The lowest BCUT2D eigenvalue weighted by atomic mass is 10.1. The van der Waals surface area contributed by atoms with Crippen LogP contribution in [0, 0.1) is 10.1 Å². The highest BCUT2D eigenvalue weighted by molar-refractivity contribution is 5.90. The third-order valence-electron chi connectivity index (χ3n) is 3.03. The van der Waals surface area contributed by atoms with Crippen molar-refractivity contribution in [3.8, 4) is 0 Å². The molecular formula is C14H16N4O3. The van der Waals surface area contributed by atoms with E-state index in [2.05, 4.69) is 17.3 Å². The van der Waals surface area contributed by atoms with Crippen LogP contribution in [0.1, 0.15) is 18.9 Å². The van der Waals surface area contributed by atoms with Crippen molar-refractivity contribution in [2.75, 3.05) is 5.32 Å². The number of hydrogen-bond donors (Lipinski definition) is 1. The van der Waals surface area contributed by atoms with Gasteiger partial charge in [0.1, 0.15) is 0 Å². The zero-order valence-electron chi connectivity index (χ0n) is 11.7. The molecule has 0 saturated carbocycles. The maximum absolute atomic E-state index is 11.8. The van der Waals surface area contributed by atoms with Crippen LogP contribution in [0.4, 0.5) is 11.5 Å². The van der Waals surface area contributed by atoms with E-state index in [1.54, 1.807) is 0 Å². The van der Waals surface area contributed by atoms with Crippen molar-refractivity contribution in [2.45, 2.75) is 26.3 Å². The maximum Gasteiger partial charge on any atom is 0.389 e. The lowest BCUT2D eigenvalue weighted by molar-refractivity contribution is -0.389. The third-order valence-corrected chi connectivity index (χ3v) is 3.03. The van der Waals surface area contributed by atoms with E-state index < -0.39 is 4.92 Å². The predicted molar refractivity (Wildman–Crippen MR) is 77.9 cm³/mol. The van der Waals surface area contributed by atoms with Gasteiger partial charge in [0.05, 0.1) is 23.9 Å². The number of amides is 1. The molecule has 21 heavy (non-hydrogen) atoms. The van der Waals surface area contributed by atoms with Gasteiger partial charge in [0.15, 0.2) is 0 Å². The Labute approximate surface area is 121 Å². The summed E-state index contributed by atoms with van der Waals surface area (Å²) in [6.45, 7) is 2.36. The molecule has 7 heteroatoms. The maximum atomic E-state index is 11.8. The highest BCUT2D eigenvalue weighted by atomic mass is 16.6. The van der Waals surface area contributed by atoms with Crippen molar-refractivity contribution < 1.29 is 9.72 Å². The van der Waals surface area contributed by atoms with Crippen LogP contribution in [-0.2, 0) is 17.8 Å². The topological polar surface area (TPSA) is 90.1 Å². The van der Waals surface area contributed by atoms with E-state index in [1.165, 1.54) is 22.5 Å². The quantitative estimate of drug-likeness (QED) is 0.652. The number of rotatable bonds is 6. The Hall–Kier alpha value is -2.70. The minimum absolute atomic E-state index is 0.155. The Morgan fingerprint density at radius 2 is 2.05 bits per heavy atom. The van der Waals surface area contributed by atoms with Gasteiger partial charge in [0, 0.05) is 12.1 Å². The van der Waals surface area contributed by atoms with E-state index in [-0.39, 0.29) is 18.1 Å². The Morgan fingerprint density at radius 1 is 1.33 bits per heavy atom. The van der Waals surface area contributed by atoms with Gasteiger partial charge in [-0.1, -0.05) is 19.1 Å². The zero-order chi connectivity index (χ0) is 15.2. The molecule has 0 saturated heterocycles. The molecular weight excluding hydrogens is 272 g/mol. The van der Waals surface area contributed by atoms with Gasteiger partial charge in [-0.25, -0.2) is 0 Å². The standard InChI is InChI=1S/C14H16N4O3/c1-2-11-3-5-12(6-4-11)15-14(19)8-10-17-9-7-13(16-17)18(20)21/h3-7,9H,2,8,10H2,1H3,(H,15,19). The fourth-order valence-corrected chi connectivity index (χ4v) is 1.84. The Bertz CT molecular complexity index is 634. The van der Waals surface area contributed by atoms with Crippen LogP contribution < -0.4 is 5.32 Å². The SMILES string of the molecule is CCc1ccc(NC(=O)CCn2ccc([N+](=O)[O-])n2)cc1. The molecule has 0 fully saturated rings. The molecule has 0 aliphatic rings. The minimum atomic E-state index is -0.564. The summed E-state index contributed by atoms with van der Waals surface area (Å²) in [7, 11) is 0. The fourth-order valence-electron chi connectivity index (χ4n) is 1.84. The number of nitrogens with one attached hydrogen (secondary N) is 1. The summed E-state index contributed by atoms with van der Waals surface area (Å²) >= 11 is 0. The number of aryl methyl sites for hydroxylation is 2. The van der Waals surface area contributed by atoms with Gasteiger partial charge in [0.25, 0.3) is 0 Å². The molecule has 7 nitrogen and oxygen atoms in total. The van der Waals surface area contributed by atoms with E-state index in [4.69, 9.17) is 0 Å². The zero-order valence-corrected chi connectivity index (χ0v) is 11.7. The van der Waals surface area contributed by atoms with Crippen molar-refractivity contribution in [3.05, 3.63) is 52.2 Å². The average Bonchev–Trinajstić information content (AvgIpc) is 2.95. The van der Waals surface area contributed by atoms with Gasteiger partial charge in [-0.05, 0) is 29.0 Å². The highest BCUT2D eigenvalue weighted by Crippen LogP contribution is 2.11. The first-order valence-corrected chi connectivity index (χ1v) is 6.65. The molecule has 1 aromatic carbocycles. The summed E-state index contributed by atoms with van der Waals surface area (Å²) in [6, 6.07) is 8.95. The van der Waals surface area contributed by atoms with Gasteiger partial charge >= 0.3 is 5.82 Å². The monoisotopic (exact) mass is 288 g/mol. The first-order chi connectivity index (χ1) is 10.1. The summed E-state index contributed by atoms with van der Waals surface area (Å²) in [6.07, 6.45) is 2.64. The van der Waals surface area contributed by atoms with Crippen molar-refractivity contribution in [2.24, 2.45) is 0 Å². The second-order valence-corrected chi connectivity index (χ2v) is 4.54. The van der Waals surface area contributed by atoms with Crippen molar-refractivity contribution in [3.63, 3.8) is 0 Å². The fraction of sp³-hybridized carbons (Fsp3) is 0.286. The number of carbonyl (C=O) groups is 1. The summed E-state index contributed by atoms with van der Waals surface area (Å²) in [5.74, 6) is -0.372. The molecule has 1 heterocycles. The second-order valence-electron chi connectivity index (χ2n) is 4.54. The molecule has 1 N–H and O–H groups in total. The van der Waals surface area contributed by atoms with E-state index >= 15 is 0 Å². The van der Waals surface area contributed by atoms with Gasteiger partial charge in [-0.15, -0.1) is 0 Å². The lowest BCUT2D eigenvalue weighted by Gasteiger charge is -2.05. The molecule has 0 bridgehead atoms. The van der Waals surface area contributed by atoms with E-state index in [1.807, 2.05) is 24.3 Å². The molecule has 110 valence electrons. The Kier molecular flexibility index (Phi) is 4.65. The van der Waals surface area contributed by atoms with Crippen LogP contribution in [0.25, 0.3) is 0 Å². The number of aromatic nitrogens is 2. The lowest BCUT2D eigenvalue weighted by Crippen LogP contribution is -2.14. The van der Waals surface area contributed by atoms with Crippen LogP contribution in [0.3, 0.4) is 0 Å². The summed E-state index contributed by atoms with van der Waals surface area (Å²) in [5, 5.41) is 17.0.